The van der Waals surface area contributed by atoms with Crippen molar-refractivity contribution in [3.63, 3.8) is 0 Å². The Morgan fingerprint density at radius 1 is 1.23 bits per heavy atom. The average molecular weight is 421 g/mol. The topological polar surface area (TPSA) is 135 Å². The summed E-state index contributed by atoms with van der Waals surface area (Å²) >= 11 is 0. The van der Waals surface area contributed by atoms with Crippen molar-refractivity contribution in [3.8, 4) is 0 Å². The Hall–Kier alpha value is -2.49. The zero-order chi connectivity index (χ0) is 21.7. The first-order valence-corrected chi connectivity index (χ1v) is 10.8. The molecule has 0 atom stereocenters. The molecule has 166 valence electrons. The van der Waals surface area contributed by atoms with Gasteiger partial charge in [-0.05, 0) is 32.1 Å². The fourth-order valence-corrected chi connectivity index (χ4v) is 4.49. The van der Waals surface area contributed by atoms with Gasteiger partial charge in [-0.25, -0.2) is 9.67 Å². The van der Waals surface area contributed by atoms with Crippen molar-refractivity contribution in [2.45, 2.75) is 76.5 Å². The summed E-state index contributed by atoms with van der Waals surface area (Å²) in [5, 5.41) is 14.7. The number of carbonyl (C=O) groups is 3. The Morgan fingerprint density at radius 2 is 1.90 bits per heavy atom. The van der Waals surface area contributed by atoms with E-state index < -0.39 is 11.5 Å². The Morgan fingerprint density at radius 3 is 2.47 bits per heavy atom. The van der Waals surface area contributed by atoms with E-state index >= 15 is 0 Å². The standard InChI is InChI=1S/C20H32N6O4/c1-2-10-26(16(27)13-25-14-22-18(23-25)17(21)28)15-6-11-24(12-7-15)19(29)20(30)8-4-3-5-9-20/h14-15,30H,2-13H2,1H3,(H2,21,28). The molecule has 2 aliphatic rings. The van der Waals surface area contributed by atoms with E-state index in [-0.39, 0.29) is 30.2 Å². The fraction of sp³-hybridized carbons (Fsp3) is 0.750. The number of piperidine rings is 1. The molecule has 2 heterocycles. The van der Waals surface area contributed by atoms with Crippen molar-refractivity contribution in [1.82, 2.24) is 24.6 Å². The second kappa shape index (κ2) is 9.55. The lowest BCUT2D eigenvalue weighted by molar-refractivity contribution is -0.156. The Bertz CT molecular complexity index is 765. The molecule has 1 saturated heterocycles. The summed E-state index contributed by atoms with van der Waals surface area (Å²) in [6, 6.07) is 0.0293. The number of primary amides is 1. The predicted molar refractivity (Wildman–Crippen MR) is 108 cm³/mol. The van der Waals surface area contributed by atoms with Crippen LogP contribution >= 0.6 is 0 Å². The summed E-state index contributed by atoms with van der Waals surface area (Å²) in [6.45, 7) is 3.68. The van der Waals surface area contributed by atoms with E-state index in [0.29, 0.717) is 45.3 Å². The van der Waals surface area contributed by atoms with Crippen LogP contribution in [0.25, 0.3) is 0 Å². The number of likely N-dealkylation sites (tertiary alicyclic amines) is 1. The van der Waals surface area contributed by atoms with Crippen LogP contribution < -0.4 is 5.73 Å². The minimum Gasteiger partial charge on any atom is -0.380 e. The number of aromatic nitrogens is 3. The maximum absolute atomic E-state index is 12.9. The summed E-state index contributed by atoms with van der Waals surface area (Å²) in [4.78, 5) is 44.3. The number of hydrogen-bond acceptors (Lipinski definition) is 6. The summed E-state index contributed by atoms with van der Waals surface area (Å²) < 4.78 is 1.32. The molecule has 30 heavy (non-hydrogen) atoms. The molecule has 0 radical (unpaired) electrons. The van der Waals surface area contributed by atoms with Crippen molar-refractivity contribution in [2.75, 3.05) is 19.6 Å². The highest BCUT2D eigenvalue weighted by atomic mass is 16.3. The van der Waals surface area contributed by atoms with E-state index in [2.05, 4.69) is 10.1 Å². The molecule has 10 nitrogen and oxygen atoms in total. The smallest absolute Gasteiger partial charge is 0.288 e. The van der Waals surface area contributed by atoms with E-state index in [9.17, 15) is 19.5 Å². The molecule has 10 heteroatoms. The molecule has 0 aromatic carbocycles. The van der Waals surface area contributed by atoms with Crippen molar-refractivity contribution >= 4 is 17.7 Å². The number of rotatable bonds is 7. The molecule has 2 fully saturated rings. The van der Waals surface area contributed by atoms with Gasteiger partial charge in [-0.3, -0.25) is 14.4 Å². The average Bonchev–Trinajstić information content (AvgIpc) is 3.21. The molecule has 3 N–H and O–H groups in total. The number of nitrogens with two attached hydrogens (primary N) is 1. The molecular formula is C20H32N6O4. The number of carbonyl (C=O) groups excluding carboxylic acids is 3. The molecule has 0 unspecified atom stereocenters. The summed E-state index contributed by atoms with van der Waals surface area (Å²) in [7, 11) is 0. The van der Waals surface area contributed by atoms with Gasteiger partial charge in [0.2, 0.25) is 11.7 Å². The first-order chi connectivity index (χ1) is 14.3. The normalized spacial score (nSPS) is 19.5. The summed E-state index contributed by atoms with van der Waals surface area (Å²) in [5.74, 6) is -1.11. The number of hydrogen-bond donors (Lipinski definition) is 2. The van der Waals surface area contributed by atoms with E-state index in [1.807, 2.05) is 11.8 Å². The minimum atomic E-state index is -1.21. The van der Waals surface area contributed by atoms with E-state index in [4.69, 9.17) is 5.73 Å². The van der Waals surface area contributed by atoms with Gasteiger partial charge in [-0.2, -0.15) is 0 Å². The van der Waals surface area contributed by atoms with Crippen molar-refractivity contribution in [2.24, 2.45) is 5.73 Å². The van der Waals surface area contributed by atoms with Gasteiger partial charge in [-0.15, -0.1) is 5.10 Å². The quantitative estimate of drug-likeness (QED) is 0.651. The molecule has 0 bridgehead atoms. The first-order valence-electron chi connectivity index (χ1n) is 10.8. The number of amides is 3. The van der Waals surface area contributed by atoms with Crippen LogP contribution in [0.1, 0.15) is 68.9 Å². The molecule has 1 aliphatic carbocycles. The van der Waals surface area contributed by atoms with Crippen molar-refractivity contribution < 1.29 is 19.5 Å². The predicted octanol–water partition coefficient (Wildman–Crippen LogP) is 0.302. The van der Waals surface area contributed by atoms with Gasteiger partial charge in [0, 0.05) is 25.7 Å². The zero-order valence-corrected chi connectivity index (χ0v) is 17.6. The van der Waals surface area contributed by atoms with E-state index in [1.54, 1.807) is 4.90 Å². The SMILES string of the molecule is CCCN(C(=O)Cn1cnc(C(N)=O)n1)C1CCN(C(=O)C2(O)CCCCC2)CC1. The van der Waals surface area contributed by atoms with Crippen LogP contribution in [0.2, 0.25) is 0 Å². The number of aliphatic hydroxyl groups is 1. The van der Waals surface area contributed by atoms with Crippen LogP contribution in [0.5, 0.6) is 0 Å². The fourth-order valence-electron chi connectivity index (χ4n) is 4.49. The molecular weight excluding hydrogens is 388 g/mol. The van der Waals surface area contributed by atoms with E-state index in [0.717, 1.165) is 25.7 Å². The molecule has 3 rings (SSSR count). The lowest BCUT2D eigenvalue weighted by Crippen LogP contribution is -2.55. The molecule has 3 amide bonds. The zero-order valence-electron chi connectivity index (χ0n) is 17.6. The van der Waals surface area contributed by atoms with Gasteiger partial charge in [0.15, 0.2) is 0 Å². The maximum atomic E-state index is 12.9. The van der Waals surface area contributed by atoms with Crippen LogP contribution in [-0.2, 0) is 16.1 Å². The van der Waals surface area contributed by atoms with Crippen molar-refractivity contribution in [3.05, 3.63) is 12.2 Å². The van der Waals surface area contributed by atoms with Crippen molar-refractivity contribution in [1.29, 1.82) is 0 Å². The van der Waals surface area contributed by atoms with Gasteiger partial charge >= 0.3 is 0 Å². The third-order valence-electron chi connectivity index (χ3n) is 6.11. The van der Waals surface area contributed by atoms with Crippen LogP contribution in [0.15, 0.2) is 6.33 Å². The lowest BCUT2D eigenvalue weighted by Gasteiger charge is -2.42. The van der Waals surface area contributed by atoms with Crippen LogP contribution in [0.4, 0.5) is 0 Å². The maximum Gasteiger partial charge on any atom is 0.288 e. The van der Waals surface area contributed by atoms with Crippen LogP contribution in [0, 0.1) is 0 Å². The lowest BCUT2D eigenvalue weighted by atomic mass is 9.83. The second-order valence-corrected chi connectivity index (χ2v) is 8.33. The van der Waals surface area contributed by atoms with Gasteiger partial charge in [0.05, 0.1) is 0 Å². The number of nitrogens with zero attached hydrogens (tertiary/aromatic N) is 5. The van der Waals surface area contributed by atoms with Gasteiger partial charge in [0.1, 0.15) is 18.5 Å². The highest BCUT2D eigenvalue weighted by Gasteiger charge is 2.41. The minimum absolute atomic E-state index is 0.0147. The van der Waals surface area contributed by atoms with E-state index in [1.165, 1.54) is 11.0 Å². The highest BCUT2D eigenvalue weighted by Crippen LogP contribution is 2.31. The second-order valence-electron chi connectivity index (χ2n) is 8.33. The highest BCUT2D eigenvalue weighted by molar-refractivity contribution is 5.88. The van der Waals surface area contributed by atoms with Gasteiger partial charge < -0.3 is 20.6 Å². The molecule has 1 aromatic heterocycles. The molecule has 0 spiro atoms. The monoisotopic (exact) mass is 420 g/mol. The molecule has 1 aromatic rings. The van der Waals surface area contributed by atoms with Gasteiger partial charge in [-0.1, -0.05) is 26.2 Å². The molecule has 1 aliphatic heterocycles. The largest absolute Gasteiger partial charge is 0.380 e. The third kappa shape index (κ3) is 4.97. The van der Waals surface area contributed by atoms with Crippen LogP contribution in [-0.4, -0.2) is 78.7 Å². The summed E-state index contributed by atoms with van der Waals surface area (Å²) in [5.41, 5.74) is 3.95. The Balaban J connectivity index is 1.58. The Labute approximate surface area is 176 Å². The first kappa shape index (κ1) is 22.2. The Kier molecular flexibility index (Phi) is 7.06. The van der Waals surface area contributed by atoms with Crippen LogP contribution in [0.3, 0.4) is 0 Å². The summed E-state index contributed by atoms with van der Waals surface area (Å²) in [6.07, 6.45) is 7.42. The van der Waals surface area contributed by atoms with Gasteiger partial charge in [0.25, 0.3) is 11.8 Å². The molecule has 1 saturated carbocycles. The third-order valence-corrected chi connectivity index (χ3v) is 6.11.